The molecular weight excluding hydrogens is 466 g/mol. The first-order valence-corrected chi connectivity index (χ1v) is 17.2. The summed E-state index contributed by atoms with van der Waals surface area (Å²) in [7, 11) is 0. The Morgan fingerprint density at radius 1 is 0.526 bits per heavy atom. The second-order valence-corrected chi connectivity index (χ2v) is 11.6. The Hall–Kier alpha value is -0.200. The predicted octanol–water partition coefficient (Wildman–Crippen LogP) is 8.44. The Morgan fingerprint density at radius 2 is 0.868 bits per heavy atom. The van der Waals surface area contributed by atoms with Gasteiger partial charge in [0.05, 0.1) is 12.3 Å². The zero-order chi connectivity index (χ0) is 28.7. The van der Waals surface area contributed by atoms with Gasteiger partial charge < -0.3 is 22.5 Å². The second-order valence-electron chi connectivity index (χ2n) is 11.6. The van der Waals surface area contributed by atoms with Gasteiger partial charge in [0, 0.05) is 19.1 Å². The van der Waals surface area contributed by atoms with Crippen LogP contribution in [0.5, 0.6) is 0 Å². The van der Waals surface area contributed by atoms with Crippen molar-refractivity contribution in [2.24, 2.45) is 17.2 Å². The topological polar surface area (TPSA) is 93.3 Å². The number of nitrogens with one attached hydrogen (secondary N) is 1. The molecule has 0 aromatic rings. The number of nitrogens with zero attached hydrogens (tertiary/aromatic N) is 1. The lowest BCUT2D eigenvalue weighted by Crippen LogP contribution is -2.51. The van der Waals surface area contributed by atoms with Gasteiger partial charge in [-0.15, -0.1) is 0 Å². The van der Waals surface area contributed by atoms with Gasteiger partial charge in [0.2, 0.25) is 0 Å². The van der Waals surface area contributed by atoms with Crippen LogP contribution in [0.2, 0.25) is 0 Å². The Morgan fingerprint density at radius 3 is 1.21 bits per heavy atom. The molecule has 0 rings (SSSR count). The highest BCUT2D eigenvalue weighted by Gasteiger charge is 2.17. The summed E-state index contributed by atoms with van der Waals surface area (Å²) in [6.45, 7) is 13.9. The fourth-order valence-electron chi connectivity index (χ4n) is 4.87. The molecule has 5 heteroatoms. The van der Waals surface area contributed by atoms with Crippen LogP contribution in [0.4, 0.5) is 0 Å². The van der Waals surface area contributed by atoms with E-state index in [4.69, 9.17) is 17.2 Å². The van der Waals surface area contributed by atoms with E-state index >= 15 is 0 Å². The molecule has 38 heavy (non-hydrogen) atoms. The average molecular weight is 542 g/mol. The SMILES string of the molecule is CCCCCCCCCCCCN(C(N)CC)C(N)CC.CCCCCCCCCCCCNC(C)CN. The molecule has 0 aromatic heterocycles. The molecule has 232 valence electrons. The van der Waals surface area contributed by atoms with Crippen molar-refractivity contribution < 1.29 is 0 Å². The van der Waals surface area contributed by atoms with E-state index < -0.39 is 0 Å². The second kappa shape index (κ2) is 33.0. The highest BCUT2D eigenvalue weighted by atomic mass is 15.3. The van der Waals surface area contributed by atoms with Gasteiger partial charge in [-0.25, -0.2) is 0 Å². The number of hydrogen-bond donors (Lipinski definition) is 4. The summed E-state index contributed by atoms with van der Waals surface area (Å²) < 4.78 is 0. The first-order valence-electron chi connectivity index (χ1n) is 17.2. The van der Waals surface area contributed by atoms with Crippen molar-refractivity contribution in [3.05, 3.63) is 0 Å². The Bertz CT molecular complexity index is 410. The third-order valence-electron chi connectivity index (χ3n) is 7.84. The standard InChI is InChI=1S/C18H41N3.C15H34N2/c1-4-7-8-9-10-11-12-13-14-15-16-21(17(19)5-2)18(20)6-3;1-3-4-5-6-7-8-9-10-11-12-13-17-15(2)14-16/h17-18H,4-16,19-20H2,1-3H3;15,17H,3-14,16H2,1-2H3. The molecular formula is C33H75N5. The molecule has 0 aliphatic rings. The average Bonchev–Trinajstić information content (AvgIpc) is 2.94. The van der Waals surface area contributed by atoms with E-state index in [1.807, 2.05) is 0 Å². The van der Waals surface area contributed by atoms with Crippen molar-refractivity contribution in [2.45, 2.75) is 194 Å². The number of hydrogen-bond acceptors (Lipinski definition) is 5. The van der Waals surface area contributed by atoms with Crippen molar-refractivity contribution in [1.82, 2.24) is 10.2 Å². The van der Waals surface area contributed by atoms with Crippen molar-refractivity contribution in [3.8, 4) is 0 Å². The van der Waals surface area contributed by atoms with Gasteiger partial charge >= 0.3 is 0 Å². The van der Waals surface area contributed by atoms with Crippen LogP contribution >= 0.6 is 0 Å². The molecule has 0 aliphatic heterocycles. The molecule has 7 N–H and O–H groups in total. The Labute approximate surface area is 241 Å². The zero-order valence-corrected chi connectivity index (χ0v) is 27.1. The number of nitrogens with two attached hydrogens (primary N) is 3. The lowest BCUT2D eigenvalue weighted by molar-refractivity contribution is 0.128. The van der Waals surface area contributed by atoms with Crippen LogP contribution < -0.4 is 22.5 Å². The van der Waals surface area contributed by atoms with E-state index in [1.54, 1.807) is 0 Å². The summed E-state index contributed by atoms with van der Waals surface area (Å²) in [6, 6.07) is 0.480. The van der Waals surface area contributed by atoms with Crippen molar-refractivity contribution in [1.29, 1.82) is 0 Å². The van der Waals surface area contributed by atoms with E-state index in [2.05, 4.69) is 44.8 Å². The third kappa shape index (κ3) is 28.8. The van der Waals surface area contributed by atoms with Gasteiger partial charge in [-0.05, 0) is 39.2 Å². The van der Waals surface area contributed by atoms with Crippen LogP contribution in [0.15, 0.2) is 0 Å². The van der Waals surface area contributed by atoms with E-state index in [0.29, 0.717) is 6.04 Å². The molecule has 3 unspecified atom stereocenters. The fraction of sp³-hybridized carbons (Fsp3) is 1.00. The van der Waals surface area contributed by atoms with Crippen molar-refractivity contribution >= 4 is 0 Å². The third-order valence-corrected chi connectivity index (χ3v) is 7.84. The summed E-state index contributed by atoms with van der Waals surface area (Å²) in [5.74, 6) is 0. The molecule has 0 amide bonds. The largest absolute Gasteiger partial charge is 0.329 e. The van der Waals surface area contributed by atoms with Crippen LogP contribution in [0.25, 0.3) is 0 Å². The van der Waals surface area contributed by atoms with Crippen LogP contribution in [-0.4, -0.2) is 42.9 Å². The van der Waals surface area contributed by atoms with Crippen molar-refractivity contribution in [3.63, 3.8) is 0 Å². The minimum Gasteiger partial charge on any atom is -0.329 e. The molecule has 0 saturated carbocycles. The highest BCUT2D eigenvalue weighted by molar-refractivity contribution is 4.70. The maximum Gasteiger partial charge on any atom is 0.0582 e. The monoisotopic (exact) mass is 542 g/mol. The van der Waals surface area contributed by atoms with Crippen molar-refractivity contribution in [2.75, 3.05) is 19.6 Å². The highest BCUT2D eigenvalue weighted by Crippen LogP contribution is 2.13. The van der Waals surface area contributed by atoms with E-state index in [9.17, 15) is 0 Å². The molecule has 0 radical (unpaired) electrons. The van der Waals surface area contributed by atoms with Crippen LogP contribution in [0.3, 0.4) is 0 Å². The predicted molar refractivity (Wildman–Crippen MR) is 173 cm³/mol. The van der Waals surface area contributed by atoms with E-state index in [1.165, 1.54) is 128 Å². The summed E-state index contributed by atoms with van der Waals surface area (Å²) in [6.07, 6.45) is 30.0. The summed E-state index contributed by atoms with van der Waals surface area (Å²) >= 11 is 0. The molecule has 0 spiro atoms. The zero-order valence-electron chi connectivity index (χ0n) is 27.1. The van der Waals surface area contributed by atoms with E-state index in [0.717, 1.165) is 32.5 Å². The van der Waals surface area contributed by atoms with E-state index in [-0.39, 0.29) is 12.3 Å². The fourth-order valence-corrected chi connectivity index (χ4v) is 4.87. The van der Waals surface area contributed by atoms with Crippen LogP contribution in [-0.2, 0) is 0 Å². The molecule has 0 fully saturated rings. The quantitative estimate of drug-likeness (QED) is 0.0589. The first kappa shape index (κ1) is 39.9. The lowest BCUT2D eigenvalue weighted by Gasteiger charge is -2.33. The summed E-state index contributed by atoms with van der Waals surface area (Å²) in [5, 5.41) is 3.43. The lowest BCUT2D eigenvalue weighted by atomic mass is 10.1. The minimum absolute atomic E-state index is 0.124. The van der Waals surface area contributed by atoms with Crippen LogP contribution in [0, 0.1) is 0 Å². The smallest absolute Gasteiger partial charge is 0.0582 e. The summed E-state index contributed by atoms with van der Waals surface area (Å²) in [5.41, 5.74) is 17.9. The molecule has 5 nitrogen and oxygen atoms in total. The molecule has 3 atom stereocenters. The van der Waals surface area contributed by atoms with Gasteiger partial charge in [0.1, 0.15) is 0 Å². The van der Waals surface area contributed by atoms with Gasteiger partial charge in [-0.3, -0.25) is 4.90 Å². The molecule has 0 heterocycles. The Kier molecular flexibility index (Phi) is 34.7. The van der Waals surface area contributed by atoms with Gasteiger partial charge in [-0.2, -0.15) is 0 Å². The van der Waals surface area contributed by atoms with Gasteiger partial charge in [0.25, 0.3) is 0 Å². The maximum atomic E-state index is 6.16. The normalized spacial score (nSPS) is 13.8. The van der Waals surface area contributed by atoms with Gasteiger partial charge in [-0.1, -0.05) is 143 Å². The first-order chi connectivity index (χ1) is 18.5. The summed E-state index contributed by atoms with van der Waals surface area (Å²) in [4.78, 5) is 2.28. The molecule has 0 saturated heterocycles. The minimum atomic E-state index is 0.124. The Balaban J connectivity index is 0. The van der Waals surface area contributed by atoms with Crippen LogP contribution in [0.1, 0.15) is 176 Å². The number of rotatable bonds is 28. The van der Waals surface area contributed by atoms with Gasteiger partial charge in [0.15, 0.2) is 0 Å². The molecule has 0 aromatic carbocycles. The molecule has 0 aliphatic carbocycles. The molecule has 0 bridgehead atoms. The number of unbranched alkanes of at least 4 members (excludes halogenated alkanes) is 18. The maximum absolute atomic E-state index is 6.16.